The van der Waals surface area contributed by atoms with E-state index in [0.717, 1.165) is 26.1 Å². The Bertz CT molecular complexity index is 545. The van der Waals surface area contributed by atoms with E-state index in [-0.39, 0.29) is 0 Å². The zero-order valence-electron chi connectivity index (χ0n) is 11.9. The lowest BCUT2D eigenvalue weighted by Crippen LogP contribution is -2.16. The summed E-state index contributed by atoms with van der Waals surface area (Å²) in [6, 6.07) is 4.06. The normalized spacial score (nSPS) is 9.64. The number of imidazole rings is 1. The number of nitrogens with zero attached hydrogens (tertiary/aromatic N) is 3. The van der Waals surface area contributed by atoms with Crippen LogP contribution in [0.1, 0.15) is 12.0 Å². The predicted molar refractivity (Wildman–Crippen MR) is 78.1 cm³/mol. The highest BCUT2D eigenvalue weighted by atomic mass is 16.4. The summed E-state index contributed by atoms with van der Waals surface area (Å²) in [5.74, 6) is -3.65. The number of rotatable bonds is 6. The van der Waals surface area contributed by atoms with Gasteiger partial charge in [0.1, 0.15) is 0 Å². The average molecular weight is 306 g/mol. The molecule has 0 saturated carbocycles. The second-order valence-corrected chi connectivity index (χ2v) is 4.30. The van der Waals surface area contributed by atoms with Gasteiger partial charge < -0.3 is 20.1 Å². The molecule has 0 unspecified atom stereocenters. The van der Waals surface area contributed by atoms with E-state index >= 15 is 0 Å². The zero-order chi connectivity index (χ0) is 16.2. The smallest absolute Gasteiger partial charge is 0.414 e. The quantitative estimate of drug-likeness (QED) is 0.528. The van der Waals surface area contributed by atoms with Gasteiger partial charge in [0.15, 0.2) is 0 Å². The SMILES string of the molecule is O=C(O)C(=O)O.c1cc(CNCCCn2ccnc2)ccn1. The molecule has 8 heteroatoms. The van der Waals surface area contributed by atoms with Crippen molar-refractivity contribution in [3.05, 3.63) is 48.8 Å². The summed E-state index contributed by atoms with van der Waals surface area (Å²) in [5, 5.41) is 18.2. The van der Waals surface area contributed by atoms with E-state index in [1.807, 2.05) is 43.2 Å². The first-order valence-corrected chi connectivity index (χ1v) is 6.61. The van der Waals surface area contributed by atoms with Gasteiger partial charge in [0.05, 0.1) is 6.33 Å². The van der Waals surface area contributed by atoms with Crippen LogP contribution in [-0.4, -0.2) is 43.2 Å². The molecule has 0 aliphatic heterocycles. The number of carboxylic acid groups (broad SMARTS) is 2. The molecule has 0 fully saturated rings. The van der Waals surface area contributed by atoms with Crippen molar-refractivity contribution in [3.8, 4) is 0 Å². The third-order valence-corrected chi connectivity index (χ3v) is 2.59. The molecule has 3 N–H and O–H groups in total. The number of aryl methyl sites for hydroxylation is 1. The molecule has 2 heterocycles. The minimum absolute atomic E-state index is 0.909. The van der Waals surface area contributed by atoms with E-state index in [4.69, 9.17) is 19.8 Å². The van der Waals surface area contributed by atoms with Gasteiger partial charge in [-0.05, 0) is 30.7 Å². The monoisotopic (exact) mass is 306 g/mol. The van der Waals surface area contributed by atoms with Crippen LogP contribution in [0.3, 0.4) is 0 Å². The topological polar surface area (TPSA) is 117 Å². The minimum Gasteiger partial charge on any atom is -0.473 e. The maximum absolute atomic E-state index is 9.10. The first-order chi connectivity index (χ1) is 10.6. The van der Waals surface area contributed by atoms with Crippen LogP contribution in [-0.2, 0) is 22.7 Å². The Morgan fingerprint density at radius 2 is 1.77 bits per heavy atom. The molecule has 2 aromatic rings. The van der Waals surface area contributed by atoms with E-state index in [2.05, 4.69) is 19.9 Å². The van der Waals surface area contributed by atoms with Gasteiger partial charge in [-0.1, -0.05) is 0 Å². The van der Waals surface area contributed by atoms with Crippen LogP contribution in [0.4, 0.5) is 0 Å². The minimum atomic E-state index is -1.82. The first-order valence-electron chi connectivity index (χ1n) is 6.61. The fraction of sp³-hybridized carbons (Fsp3) is 0.286. The number of aliphatic carboxylic acids is 2. The molecule has 0 radical (unpaired) electrons. The molecule has 118 valence electrons. The van der Waals surface area contributed by atoms with Crippen LogP contribution in [0.15, 0.2) is 43.2 Å². The number of aromatic nitrogens is 3. The van der Waals surface area contributed by atoms with Crippen LogP contribution >= 0.6 is 0 Å². The van der Waals surface area contributed by atoms with Crippen LogP contribution in [0.2, 0.25) is 0 Å². The number of nitrogens with one attached hydrogen (secondary N) is 1. The molecule has 8 nitrogen and oxygen atoms in total. The Balaban J connectivity index is 0.000000346. The molecule has 0 spiro atoms. The molecule has 0 aliphatic rings. The summed E-state index contributed by atoms with van der Waals surface area (Å²) >= 11 is 0. The summed E-state index contributed by atoms with van der Waals surface area (Å²) < 4.78 is 2.09. The lowest BCUT2D eigenvalue weighted by Gasteiger charge is -2.05. The molecule has 2 rings (SSSR count). The van der Waals surface area contributed by atoms with Crippen molar-refractivity contribution in [2.75, 3.05) is 6.54 Å². The van der Waals surface area contributed by atoms with E-state index in [1.54, 1.807) is 0 Å². The summed E-state index contributed by atoms with van der Waals surface area (Å²) in [5.41, 5.74) is 1.28. The van der Waals surface area contributed by atoms with Gasteiger partial charge in [-0.2, -0.15) is 0 Å². The highest BCUT2D eigenvalue weighted by molar-refractivity contribution is 6.27. The van der Waals surface area contributed by atoms with Crippen LogP contribution in [0.25, 0.3) is 0 Å². The number of carboxylic acids is 2. The van der Waals surface area contributed by atoms with E-state index in [0.29, 0.717) is 0 Å². The fourth-order valence-electron chi connectivity index (χ4n) is 1.54. The summed E-state index contributed by atoms with van der Waals surface area (Å²) in [4.78, 5) is 26.2. The van der Waals surface area contributed by atoms with Crippen molar-refractivity contribution >= 4 is 11.9 Å². The van der Waals surface area contributed by atoms with Gasteiger partial charge in [0, 0.05) is 37.9 Å². The van der Waals surface area contributed by atoms with E-state index in [1.165, 1.54) is 5.56 Å². The molecule has 0 amide bonds. The third-order valence-electron chi connectivity index (χ3n) is 2.59. The Morgan fingerprint density at radius 1 is 1.09 bits per heavy atom. The van der Waals surface area contributed by atoms with Crippen LogP contribution < -0.4 is 5.32 Å². The average Bonchev–Trinajstić information content (AvgIpc) is 3.02. The van der Waals surface area contributed by atoms with Crippen LogP contribution in [0, 0.1) is 0 Å². The second-order valence-electron chi connectivity index (χ2n) is 4.30. The third kappa shape index (κ3) is 7.75. The van der Waals surface area contributed by atoms with Gasteiger partial charge in [0.25, 0.3) is 0 Å². The Hall–Kier alpha value is -2.74. The molecule has 0 aliphatic carbocycles. The number of hydrogen-bond donors (Lipinski definition) is 3. The molecule has 0 atom stereocenters. The maximum atomic E-state index is 9.10. The number of hydrogen-bond acceptors (Lipinski definition) is 5. The summed E-state index contributed by atoms with van der Waals surface area (Å²) in [6.07, 6.45) is 10.4. The van der Waals surface area contributed by atoms with E-state index < -0.39 is 11.9 Å². The van der Waals surface area contributed by atoms with Gasteiger partial charge in [0.2, 0.25) is 0 Å². The highest BCUT2D eigenvalue weighted by Gasteiger charge is 2.04. The van der Waals surface area contributed by atoms with Crippen molar-refractivity contribution in [1.82, 2.24) is 19.9 Å². The zero-order valence-corrected chi connectivity index (χ0v) is 11.9. The highest BCUT2D eigenvalue weighted by Crippen LogP contribution is 1.95. The van der Waals surface area contributed by atoms with E-state index in [9.17, 15) is 0 Å². The van der Waals surface area contributed by atoms with Crippen molar-refractivity contribution in [1.29, 1.82) is 0 Å². The largest absolute Gasteiger partial charge is 0.473 e. The van der Waals surface area contributed by atoms with Gasteiger partial charge in [-0.15, -0.1) is 0 Å². The van der Waals surface area contributed by atoms with Crippen molar-refractivity contribution in [2.24, 2.45) is 0 Å². The molecule has 2 aromatic heterocycles. The first kappa shape index (κ1) is 17.3. The second kappa shape index (κ2) is 10.1. The number of carbonyl (C=O) groups is 2. The van der Waals surface area contributed by atoms with Gasteiger partial charge in [-0.3, -0.25) is 4.98 Å². The molecule has 0 bridgehead atoms. The molecule has 0 saturated heterocycles. The molecule has 22 heavy (non-hydrogen) atoms. The Morgan fingerprint density at radius 3 is 2.32 bits per heavy atom. The van der Waals surface area contributed by atoms with Crippen molar-refractivity contribution in [3.63, 3.8) is 0 Å². The standard InChI is InChI=1S/C12H16N4.C2H2O4/c1(8-16-9-7-15-11-16)4-14-10-12-2-5-13-6-3-12;3-1(4)2(5)6/h2-3,5-7,9,11,14H,1,4,8,10H2;(H,3,4)(H,5,6). The molecule has 0 aromatic carbocycles. The number of pyridine rings is 1. The Labute approximate surface area is 127 Å². The Kier molecular flexibility index (Phi) is 7.91. The summed E-state index contributed by atoms with van der Waals surface area (Å²) in [6.45, 7) is 2.94. The molecular formula is C14H18N4O4. The predicted octanol–water partition coefficient (Wildman–Crippen LogP) is 0.614. The summed E-state index contributed by atoms with van der Waals surface area (Å²) in [7, 11) is 0. The van der Waals surface area contributed by atoms with Gasteiger partial charge >= 0.3 is 11.9 Å². The lowest BCUT2D eigenvalue weighted by atomic mass is 10.2. The van der Waals surface area contributed by atoms with Crippen LogP contribution in [0.5, 0.6) is 0 Å². The fourth-order valence-corrected chi connectivity index (χ4v) is 1.54. The van der Waals surface area contributed by atoms with Crippen molar-refractivity contribution < 1.29 is 19.8 Å². The van der Waals surface area contributed by atoms with Gasteiger partial charge in [-0.25, -0.2) is 14.6 Å². The lowest BCUT2D eigenvalue weighted by molar-refractivity contribution is -0.159. The van der Waals surface area contributed by atoms with Crippen molar-refractivity contribution in [2.45, 2.75) is 19.5 Å². The molecular weight excluding hydrogens is 288 g/mol. The maximum Gasteiger partial charge on any atom is 0.414 e.